The zero-order valence-electron chi connectivity index (χ0n) is 11.1. The lowest BCUT2D eigenvalue weighted by Gasteiger charge is -2.05. The maximum absolute atomic E-state index is 11.2. The van der Waals surface area contributed by atoms with Crippen molar-refractivity contribution in [3.05, 3.63) is 47.4 Å². The molecule has 8 heteroatoms. The molecule has 0 saturated carbocycles. The number of hydrogen-bond donors (Lipinski definition) is 2. The van der Waals surface area contributed by atoms with E-state index < -0.39 is 11.9 Å². The van der Waals surface area contributed by atoms with E-state index in [1.807, 2.05) is 0 Å². The van der Waals surface area contributed by atoms with Crippen molar-refractivity contribution < 1.29 is 19.4 Å². The Morgan fingerprint density at radius 1 is 1.29 bits per heavy atom. The molecule has 2 rings (SSSR count). The van der Waals surface area contributed by atoms with Gasteiger partial charge in [-0.05, 0) is 24.3 Å². The van der Waals surface area contributed by atoms with Crippen LogP contribution in [0.3, 0.4) is 0 Å². The van der Waals surface area contributed by atoms with E-state index in [0.29, 0.717) is 11.5 Å². The van der Waals surface area contributed by atoms with Crippen molar-refractivity contribution in [1.82, 2.24) is 15.2 Å². The average Bonchev–Trinajstić information content (AvgIpc) is 2.53. The van der Waals surface area contributed by atoms with Crippen LogP contribution in [0.1, 0.15) is 26.5 Å². The summed E-state index contributed by atoms with van der Waals surface area (Å²) in [4.78, 5) is 26.1. The van der Waals surface area contributed by atoms with Crippen LogP contribution in [0, 0.1) is 0 Å². The number of carboxylic acid groups (broad SMARTS) is 1. The largest absolute Gasteiger partial charge is 0.478 e. The molecular formula is C13H12N4O4. The second kappa shape index (κ2) is 6.42. The van der Waals surface area contributed by atoms with Gasteiger partial charge in [-0.15, -0.1) is 10.2 Å². The lowest BCUT2D eigenvalue weighted by Crippen LogP contribution is -2.09. The van der Waals surface area contributed by atoms with Gasteiger partial charge < -0.3 is 15.2 Å². The number of ether oxygens (including phenoxy) is 1. The minimum absolute atomic E-state index is 0.106. The SMILES string of the molecule is COC(=O)c1ccc(NCc2cc(C(=O)O)ccn2)nn1. The highest BCUT2D eigenvalue weighted by atomic mass is 16.5. The van der Waals surface area contributed by atoms with Crippen LogP contribution < -0.4 is 5.32 Å². The Bertz CT molecular complexity index is 657. The maximum atomic E-state index is 11.2. The van der Waals surface area contributed by atoms with Gasteiger partial charge in [-0.1, -0.05) is 0 Å². The zero-order valence-corrected chi connectivity index (χ0v) is 11.1. The number of carboxylic acids is 1. The highest BCUT2D eigenvalue weighted by Crippen LogP contribution is 2.07. The zero-order chi connectivity index (χ0) is 15.2. The topological polar surface area (TPSA) is 114 Å². The first-order chi connectivity index (χ1) is 10.1. The number of anilines is 1. The Hall–Kier alpha value is -3.03. The first-order valence-corrected chi connectivity index (χ1v) is 5.94. The fourth-order valence-corrected chi connectivity index (χ4v) is 1.53. The molecule has 0 unspecified atom stereocenters. The average molecular weight is 288 g/mol. The molecule has 108 valence electrons. The van der Waals surface area contributed by atoms with Gasteiger partial charge in [0.2, 0.25) is 0 Å². The first kappa shape index (κ1) is 14.4. The van der Waals surface area contributed by atoms with E-state index >= 15 is 0 Å². The first-order valence-electron chi connectivity index (χ1n) is 5.94. The predicted octanol–water partition coefficient (Wildman–Crippen LogP) is 0.968. The monoisotopic (exact) mass is 288 g/mol. The molecule has 21 heavy (non-hydrogen) atoms. The van der Waals surface area contributed by atoms with E-state index in [-0.39, 0.29) is 17.8 Å². The Kier molecular flexibility index (Phi) is 4.39. The number of nitrogens with one attached hydrogen (secondary N) is 1. The summed E-state index contributed by atoms with van der Waals surface area (Å²) in [6.07, 6.45) is 1.42. The molecule has 0 saturated heterocycles. The van der Waals surface area contributed by atoms with Gasteiger partial charge in [0.05, 0.1) is 24.9 Å². The van der Waals surface area contributed by atoms with Crippen LogP contribution in [0.5, 0.6) is 0 Å². The smallest absolute Gasteiger partial charge is 0.358 e. The maximum Gasteiger partial charge on any atom is 0.358 e. The van der Waals surface area contributed by atoms with Crippen molar-refractivity contribution in [2.24, 2.45) is 0 Å². The number of nitrogens with zero attached hydrogens (tertiary/aromatic N) is 3. The number of pyridine rings is 1. The van der Waals surface area contributed by atoms with Gasteiger partial charge in [0.1, 0.15) is 5.82 Å². The van der Waals surface area contributed by atoms with Crippen LogP contribution >= 0.6 is 0 Å². The third-order valence-electron chi connectivity index (χ3n) is 2.57. The lowest BCUT2D eigenvalue weighted by atomic mass is 10.2. The molecule has 8 nitrogen and oxygen atoms in total. The Morgan fingerprint density at radius 2 is 2.10 bits per heavy atom. The van der Waals surface area contributed by atoms with Crippen LogP contribution in [-0.2, 0) is 11.3 Å². The van der Waals surface area contributed by atoms with Gasteiger partial charge in [-0.3, -0.25) is 4.98 Å². The molecule has 0 radical (unpaired) electrons. The van der Waals surface area contributed by atoms with E-state index in [1.54, 1.807) is 6.07 Å². The van der Waals surface area contributed by atoms with Gasteiger partial charge >= 0.3 is 11.9 Å². The summed E-state index contributed by atoms with van der Waals surface area (Å²) in [5.74, 6) is -1.14. The summed E-state index contributed by atoms with van der Waals surface area (Å²) in [7, 11) is 1.26. The van der Waals surface area contributed by atoms with Crippen molar-refractivity contribution in [3.8, 4) is 0 Å². The predicted molar refractivity (Wildman–Crippen MR) is 71.9 cm³/mol. The molecule has 0 aliphatic heterocycles. The number of methoxy groups -OCH3 is 1. The molecule has 0 amide bonds. The molecule has 0 atom stereocenters. The molecule has 0 aliphatic rings. The van der Waals surface area contributed by atoms with Gasteiger partial charge in [-0.2, -0.15) is 0 Å². The van der Waals surface area contributed by atoms with Gasteiger partial charge in [-0.25, -0.2) is 9.59 Å². The van der Waals surface area contributed by atoms with Crippen molar-refractivity contribution >= 4 is 17.8 Å². The summed E-state index contributed by atoms with van der Waals surface area (Å²) in [5, 5.41) is 19.3. The molecule has 2 aromatic rings. The van der Waals surface area contributed by atoms with Crippen molar-refractivity contribution in [1.29, 1.82) is 0 Å². The number of carbonyl (C=O) groups excluding carboxylic acids is 1. The molecular weight excluding hydrogens is 276 g/mol. The normalized spacial score (nSPS) is 9.95. The fourth-order valence-electron chi connectivity index (χ4n) is 1.53. The summed E-state index contributed by atoms with van der Waals surface area (Å²) >= 11 is 0. The molecule has 0 bridgehead atoms. The van der Waals surface area contributed by atoms with Crippen LogP contribution in [0.2, 0.25) is 0 Å². The standard InChI is InChI=1S/C13H12N4O4/c1-21-13(20)10-2-3-11(17-16-10)15-7-9-6-8(12(18)19)4-5-14-9/h2-6H,7H2,1H3,(H,15,17)(H,18,19). The second-order valence-electron chi connectivity index (χ2n) is 3.99. The Labute approximate surface area is 119 Å². The number of hydrogen-bond acceptors (Lipinski definition) is 7. The molecule has 0 fully saturated rings. The Morgan fingerprint density at radius 3 is 2.71 bits per heavy atom. The molecule has 0 aromatic carbocycles. The van der Waals surface area contributed by atoms with E-state index in [2.05, 4.69) is 25.2 Å². The van der Waals surface area contributed by atoms with E-state index in [0.717, 1.165) is 0 Å². The van der Waals surface area contributed by atoms with E-state index in [1.165, 1.54) is 31.5 Å². The molecule has 2 N–H and O–H groups in total. The molecule has 0 aliphatic carbocycles. The van der Waals surface area contributed by atoms with Crippen molar-refractivity contribution in [2.45, 2.75) is 6.54 Å². The minimum atomic E-state index is -1.01. The molecule has 2 heterocycles. The lowest BCUT2D eigenvalue weighted by molar-refractivity contribution is 0.0592. The van der Waals surface area contributed by atoms with Crippen LogP contribution in [0.25, 0.3) is 0 Å². The summed E-state index contributed by atoms with van der Waals surface area (Å²) in [6, 6.07) is 5.92. The van der Waals surface area contributed by atoms with Gasteiger partial charge in [0.25, 0.3) is 0 Å². The Balaban J connectivity index is 2.01. The minimum Gasteiger partial charge on any atom is -0.478 e. The van der Waals surface area contributed by atoms with Crippen molar-refractivity contribution in [3.63, 3.8) is 0 Å². The number of carbonyl (C=O) groups is 2. The third-order valence-corrected chi connectivity index (χ3v) is 2.57. The van der Waals surface area contributed by atoms with Gasteiger partial charge in [0.15, 0.2) is 5.69 Å². The van der Waals surface area contributed by atoms with Gasteiger partial charge in [0, 0.05) is 6.20 Å². The van der Waals surface area contributed by atoms with Crippen molar-refractivity contribution in [2.75, 3.05) is 12.4 Å². The summed E-state index contributed by atoms with van der Waals surface area (Å²) < 4.78 is 4.51. The van der Waals surface area contributed by atoms with Crippen LogP contribution in [0.4, 0.5) is 5.82 Å². The van der Waals surface area contributed by atoms with E-state index in [9.17, 15) is 9.59 Å². The summed E-state index contributed by atoms with van der Waals surface area (Å²) in [6.45, 7) is 0.285. The number of rotatable bonds is 5. The summed E-state index contributed by atoms with van der Waals surface area (Å²) in [5.41, 5.74) is 0.816. The quantitative estimate of drug-likeness (QED) is 0.782. The fraction of sp³-hybridized carbons (Fsp3) is 0.154. The molecule has 2 aromatic heterocycles. The van der Waals surface area contributed by atoms with E-state index in [4.69, 9.17) is 5.11 Å². The van der Waals surface area contributed by atoms with Crippen LogP contribution in [0.15, 0.2) is 30.5 Å². The highest BCUT2D eigenvalue weighted by Gasteiger charge is 2.08. The highest BCUT2D eigenvalue weighted by molar-refractivity contribution is 5.87. The second-order valence-corrected chi connectivity index (χ2v) is 3.99. The number of aromatic nitrogens is 3. The number of aromatic carboxylic acids is 1. The van der Waals surface area contributed by atoms with Crippen LogP contribution in [-0.4, -0.2) is 39.3 Å². The third kappa shape index (κ3) is 3.72. The number of esters is 1. The molecule has 0 spiro atoms.